The fraction of sp³-hybridized carbons (Fsp3) is 0.818. The zero-order chi connectivity index (χ0) is 9.68. The van der Waals surface area contributed by atoms with Crippen molar-refractivity contribution in [1.82, 2.24) is 4.90 Å². The molecule has 76 valence electrons. The van der Waals surface area contributed by atoms with E-state index in [4.69, 9.17) is 5.11 Å². The van der Waals surface area contributed by atoms with Gasteiger partial charge in [0.25, 0.3) is 0 Å². The molecule has 2 nitrogen and oxygen atoms in total. The third-order valence-corrected chi connectivity index (χ3v) is 3.02. The van der Waals surface area contributed by atoms with Gasteiger partial charge in [-0.05, 0) is 19.8 Å². The van der Waals surface area contributed by atoms with Crippen molar-refractivity contribution in [3.05, 3.63) is 12.7 Å². The van der Waals surface area contributed by atoms with Gasteiger partial charge in [-0.2, -0.15) is 0 Å². The molecule has 13 heavy (non-hydrogen) atoms. The zero-order valence-corrected chi connectivity index (χ0v) is 8.58. The highest BCUT2D eigenvalue weighted by atomic mass is 16.3. The van der Waals surface area contributed by atoms with Crippen LogP contribution in [0.4, 0.5) is 0 Å². The van der Waals surface area contributed by atoms with Gasteiger partial charge in [0.2, 0.25) is 0 Å². The Hall–Kier alpha value is -0.340. The van der Waals surface area contributed by atoms with Crippen molar-refractivity contribution in [2.75, 3.05) is 13.2 Å². The van der Waals surface area contributed by atoms with E-state index >= 15 is 0 Å². The van der Waals surface area contributed by atoms with Crippen LogP contribution in [0.3, 0.4) is 0 Å². The van der Waals surface area contributed by atoms with Gasteiger partial charge in [-0.15, -0.1) is 6.58 Å². The number of aliphatic hydroxyl groups excluding tert-OH is 1. The van der Waals surface area contributed by atoms with Crippen molar-refractivity contribution in [2.45, 2.75) is 44.7 Å². The van der Waals surface area contributed by atoms with Crippen LogP contribution in [-0.2, 0) is 0 Å². The fourth-order valence-corrected chi connectivity index (χ4v) is 2.21. The molecule has 0 radical (unpaired) electrons. The number of aliphatic hydroxyl groups is 1. The number of rotatable bonds is 5. The van der Waals surface area contributed by atoms with Gasteiger partial charge in [0, 0.05) is 18.6 Å². The van der Waals surface area contributed by atoms with Crippen molar-refractivity contribution >= 4 is 0 Å². The van der Waals surface area contributed by atoms with E-state index in [-0.39, 0.29) is 6.61 Å². The van der Waals surface area contributed by atoms with Gasteiger partial charge >= 0.3 is 0 Å². The Labute approximate surface area is 81.2 Å². The Morgan fingerprint density at radius 1 is 1.54 bits per heavy atom. The monoisotopic (exact) mass is 183 g/mol. The first-order valence-corrected chi connectivity index (χ1v) is 5.28. The third kappa shape index (κ3) is 2.82. The molecule has 1 aliphatic carbocycles. The van der Waals surface area contributed by atoms with Gasteiger partial charge in [-0.3, -0.25) is 4.90 Å². The summed E-state index contributed by atoms with van der Waals surface area (Å²) in [5, 5.41) is 8.97. The van der Waals surface area contributed by atoms with Crippen LogP contribution in [0.1, 0.15) is 32.6 Å². The van der Waals surface area contributed by atoms with E-state index in [1.807, 2.05) is 6.08 Å². The molecule has 0 bridgehead atoms. The molecule has 2 heteroatoms. The second kappa shape index (κ2) is 5.40. The molecule has 0 aromatic heterocycles. The molecule has 1 rings (SSSR count). The quantitative estimate of drug-likeness (QED) is 0.657. The Morgan fingerprint density at radius 2 is 2.15 bits per heavy atom. The van der Waals surface area contributed by atoms with Crippen LogP contribution in [-0.4, -0.2) is 35.2 Å². The number of hydrogen-bond donors (Lipinski definition) is 1. The Morgan fingerprint density at radius 3 is 2.62 bits per heavy atom. The lowest BCUT2D eigenvalue weighted by molar-refractivity contribution is 0.131. The van der Waals surface area contributed by atoms with Crippen molar-refractivity contribution in [3.63, 3.8) is 0 Å². The van der Waals surface area contributed by atoms with Crippen LogP contribution in [0.2, 0.25) is 0 Å². The number of nitrogens with zero attached hydrogens (tertiary/aromatic N) is 1. The molecule has 0 aromatic carbocycles. The second-order valence-electron chi connectivity index (χ2n) is 3.88. The predicted octanol–water partition coefficient (Wildman–Crippen LogP) is 1.80. The topological polar surface area (TPSA) is 23.5 Å². The Kier molecular flexibility index (Phi) is 4.46. The van der Waals surface area contributed by atoms with Crippen molar-refractivity contribution in [3.8, 4) is 0 Å². The molecule has 1 aliphatic rings. The van der Waals surface area contributed by atoms with E-state index in [0.29, 0.717) is 12.1 Å². The highest BCUT2D eigenvalue weighted by molar-refractivity contribution is 4.89. The van der Waals surface area contributed by atoms with Crippen molar-refractivity contribution in [1.29, 1.82) is 0 Å². The van der Waals surface area contributed by atoms with Gasteiger partial charge in [0.05, 0.1) is 6.61 Å². The summed E-state index contributed by atoms with van der Waals surface area (Å²) in [6.07, 6.45) is 7.23. The van der Waals surface area contributed by atoms with E-state index in [1.54, 1.807) is 0 Å². The Balaban J connectivity index is 2.49. The molecule has 1 unspecified atom stereocenters. The maximum atomic E-state index is 8.97. The third-order valence-electron chi connectivity index (χ3n) is 3.02. The lowest BCUT2D eigenvalue weighted by Gasteiger charge is -2.32. The maximum absolute atomic E-state index is 8.97. The molecule has 0 amide bonds. The first kappa shape index (κ1) is 10.7. The largest absolute Gasteiger partial charge is 0.395 e. The van der Waals surface area contributed by atoms with Crippen LogP contribution >= 0.6 is 0 Å². The van der Waals surface area contributed by atoms with E-state index in [0.717, 1.165) is 6.54 Å². The normalized spacial score (nSPS) is 20.8. The average molecular weight is 183 g/mol. The summed E-state index contributed by atoms with van der Waals surface area (Å²) in [5.41, 5.74) is 0. The maximum Gasteiger partial charge on any atom is 0.0558 e. The van der Waals surface area contributed by atoms with Crippen LogP contribution in [0.5, 0.6) is 0 Å². The summed E-state index contributed by atoms with van der Waals surface area (Å²) >= 11 is 0. The summed E-state index contributed by atoms with van der Waals surface area (Å²) in [4.78, 5) is 2.38. The van der Waals surface area contributed by atoms with E-state index in [9.17, 15) is 0 Å². The van der Waals surface area contributed by atoms with Crippen LogP contribution < -0.4 is 0 Å². The Bertz CT molecular complexity index is 152. The summed E-state index contributed by atoms with van der Waals surface area (Å²) in [7, 11) is 0. The molecule has 1 N–H and O–H groups in total. The van der Waals surface area contributed by atoms with Gasteiger partial charge < -0.3 is 5.11 Å². The molecule has 1 atom stereocenters. The van der Waals surface area contributed by atoms with Gasteiger partial charge in [0.15, 0.2) is 0 Å². The molecule has 0 aromatic rings. The summed E-state index contributed by atoms with van der Waals surface area (Å²) < 4.78 is 0. The molecular weight excluding hydrogens is 162 g/mol. The smallest absolute Gasteiger partial charge is 0.0558 e. The van der Waals surface area contributed by atoms with Crippen LogP contribution in [0.15, 0.2) is 12.7 Å². The number of hydrogen-bond acceptors (Lipinski definition) is 2. The SMILES string of the molecule is C=CC(C)N(CCO)C1CCCC1. The lowest BCUT2D eigenvalue weighted by Crippen LogP contribution is -2.41. The standard InChI is InChI=1S/C11H21NO/c1-3-10(2)12(8-9-13)11-6-4-5-7-11/h3,10-11,13H,1,4-9H2,2H3. The first-order valence-electron chi connectivity index (χ1n) is 5.28. The molecule has 0 aliphatic heterocycles. The molecule has 0 saturated heterocycles. The first-order chi connectivity index (χ1) is 6.29. The summed E-state index contributed by atoms with van der Waals surface area (Å²) in [5.74, 6) is 0. The molecule has 0 heterocycles. The van der Waals surface area contributed by atoms with Crippen LogP contribution in [0, 0.1) is 0 Å². The highest BCUT2D eigenvalue weighted by Crippen LogP contribution is 2.24. The molecular formula is C11H21NO. The molecule has 1 saturated carbocycles. The molecule has 1 fully saturated rings. The summed E-state index contributed by atoms with van der Waals surface area (Å²) in [6.45, 7) is 7.01. The minimum atomic E-state index is 0.259. The van der Waals surface area contributed by atoms with Crippen LogP contribution in [0.25, 0.3) is 0 Å². The minimum absolute atomic E-state index is 0.259. The minimum Gasteiger partial charge on any atom is -0.395 e. The van der Waals surface area contributed by atoms with E-state index in [2.05, 4.69) is 18.4 Å². The van der Waals surface area contributed by atoms with Gasteiger partial charge in [0.1, 0.15) is 0 Å². The lowest BCUT2D eigenvalue weighted by atomic mass is 10.1. The fourth-order valence-electron chi connectivity index (χ4n) is 2.21. The van der Waals surface area contributed by atoms with Gasteiger partial charge in [-0.1, -0.05) is 18.9 Å². The van der Waals surface area contributed by atoms with E-state index in [1.165, 1.54) is 25.7 Å². The van der Waals surface area contributed by atoms with Gasteiger partial charge in [-0.25, -0.2) is 0 Å². The van der Waals surface area contributed by atoms with Crippen molar-refractivity contribution in [2.24, 2.45) is 0 Å². The second-order valence-corrected chi connectivity index (χ2v) is 3.88. The predicted molar refractivity (Wildman–Crippen MR) is 55.7 cm³/mol. The summed E-state index contributed by atoms with van der Waals surface area (Å²) in [6, 6.07) is 1.08. The molecule has 0 spiro atoms. The van der Waals surface area contributed by atoms with Crippen molar-refractivity contribution < 1.29 is 5.11 Å². The zero-order valence-electron chi connectivity index (χ0n) is 8.58. The van der Waals surface area contributed by atoms with E-state index < -0.39 is 0 Å². The highest BCUT2D eigenvalue weighted by Gasteiger charge is 2.24. The average Bonchev–Trinajstić information content (AvgIpc) is 2.65.